The van der Waals surface area contributed by atoms with E-state index in [1.54, 1.807) is 30.2 Å². The van der Waals surface area contributed by atoms with Gasteiger partial charge in [-0.1, -0.05) is 12.1 Å². The summed E-state index contributed by atoms with van der Waals surface area (Å²) >= 11 is 1.47. The van der Waals surface area contributed by atoms with Crippen LogP contribution in [0.5, 0.6) is 0 Å². The molecule has 7 heteroatoms. The molecule has 2 aromatic carbocycles. The molecule has 1 aliphatic heterocycles. The number of anilines is 1. The molecule has 0 bridgehead atoms. The maximum atomic E-state index is 13.3. The third-order valence-electron chi connectivity index (χ3n) is 4.64. The molecule has 5 nitrogen and oxygen atoms in total. The number of amides is 1. The minimum atomic E-state index is -1.01. The van der Waals surface area contributed by atoms with Crippen molar-refractivity contribution in [2.45, 2.75) is 18.7 Å². The number of benzene rings is 2. The van der Waals surface area contributed by atoms with E-state index in [2.05, 4.69) is 0 Å². The van der Waals surface area contributed by atoms with Gasteiger partial charge in [-0.25, -0.2) is 9.18 Å². The van der Waals surface area contributed by atoms with Crippen LogP contribution in [0.4, 0.5) is 10.1 Å². The minimum Gasteiger partial charge on any atom is -0.478 e. The Bertz CT molecular complexity index is 869. The highest BCUT2D eigenvalue weighted by Gasteiger charge is 2.35. The van der Waals surface area contributed by atoms with E-state index in [0.29, 0.717) is 30.0 Å². The zero-order valence-electron chi connectivity index (χ0n) is 15.1. The zero-order chi connectivity index (χ0) is 19.6. The summed E-state index contributed by atoms with van der Waals surface area (Å²) in [5.41, 5.74) is 3.12. The number of hydrogen-bond donors (Lipinski definition) is 1. The summed E-state index contributed by atoms with van der Waals surface area (Å²) in [4.78, 5) is 25.9. The molecule has 142 valence electrons. The van der Waals surface area contributed by atoms with Gasteiger partial charge >= 0.3 is 5.97 Å². The van der Waals surface area contributed by atoms with E-state index < -0.39 is 5.97 Å². The van der Waals surface area contributed by atoms with Crippen molar-refractivity contribution in [3.8, 4) is 0 Å². The zero-order valence-corrected chi connectivity index (χ0v) is 15.9. The van der Waals surface area contributed by atoms with Gasteiger partial charge in [-0.3, -0.25) is 9.69 Å². The maximum absolute atomic E-state index is 13.3. The smallest absolute Gasteiger partial charge is 0.335 e. The number of halogens is 1. The highest BCUT2D eigenvalue weighted by Crippen LogP contribution is 2.43. The third kappa shape index (κ3) is 3.84. The first-order chi connectivity index (χ1) is 12.9. The molecule has 1 unspecified atom stereocenters. The van der Waals surface area contributed by atoms with Crippen LogP contribution in [0.15, 0.2) is 36.4 Å². The van der Waals surface area contributed by atoms with E-state index >= 15 is 0 Å². The van der Waals surface area contributed by atoms with Crippen molar-refractivity contribution < 1.29 is 23.8 Å². The van der Waals surface area contributed by atoms with E-state index in [1.165, 1.54) is 30.0 Å². The Hall–Kier alpha value is -2.38. The largest absolute Gasteiger partial charge is 0.478 e. The normalized spacial score (nSPS) is 16.8. The Labute approximate surface area is 161 Å². The Morgan fingerprint density at radius 1 is 1.30 bits per heavy atom. The number of carboxylic acid groups (broad SMARTS) is 1. The van der Waals surface area contributed by atoms with Gasteiger partial charge in [0.05, 0.1) is 17.9 Å². The summed E-state index contributed by atoms with van der Waals surface area (Å²) in [5.74, 6) is -1.08. The molecule has 3 rings (SSSR count). The van der Waals surface area contributed by atoms with Crippen LogP contribution < -0.4 is 4.90 Å². The van der Waals surface area contributed by atoms with E-state index in [1.807, 2.05) is 6.92 Å². The van der Waals surface area contributed by atoms with Crippen LogP contribution in [-0.4, -0.2) is 36.5 Å². The fourth-order valence-electron chi connectivity index (χ4n) is 3.29. The van der Waals surface area contributed by atoms with Crippen molar-refractivity contribution in [3.05, 3.63) is 64.5 Å². The first-order valence-electron chi connectivity index (χ1n) is 8.48. The summed E-state index contributed by atoms with van der Waals surface area (Å²) < 4.78 is 18.4. The molecule has 1 N–H and O–H groups in total. The van der Waals surface area contributed by atoms with E-state index in [-0.39, 0.29) is 22.7 Å². The Kier molecular flexibility index (Phi) is 5.82. The fourth-order valence-corrected chi connectivity index (χ4v) is 4.46. The van der Waals surface area contributed by atoms with Gasteiger partial charge in [-0.15, -0.1) is 11.8 Å². The summed E-state index contributed by atoms with van der Waals surface area (Å²) in [6.07, 6.45) is 0.439. The van der Waals surface area contributed by atoms with E-state index in [0.717, 1.165) is 11.1 Å². The molecule has 0 spiro atoms. The van der Waals surface area contributed by atoms with Crippen LogP contribution in [0.1, 0.15) is 32.4 Å². The van der Waals surface area contributed by atoms with Crippen LogP contribution in [0, 0.1) is 12.7 Å². The number of rotatable bonds is 6. The van der Waals surface area contributed by atoms with Gasteiger partial charge in [0.1, 0.15) is 11.2 Å². The summed E-state index contributed by atoms with van der Waals surface area (Å²) in [6.45, 7) is 2.21. The van der Waals surface area contributed by atoms with Gasteiger partial charge in [-0.05, 0) is 54.3 Å². The Balaban J connectivity index is 2.06. The Morgan fingerprint density at radius 3 is 2.63 bits per heavy atom. The second-order valence-corrected chi connectivity index (χ2v) is 7.33. The summed E-state index contributed by atoms with van der Waals surface area (Å²) in [5, 5.41) is 9.22. The van der Waals surface area contributed by atoms with Gasteiger partial charge in [0.2, 0.25) is 5.91 Å². The van der Waals surface area contributed by atoms with Crippen LogP contribution >= 0.6 is 11.8 Å². The molecule has 2 aromatic rings. The first kappa shape index (κ1) is 19.4. The molecule has 1 atom stereocenters. The first-order valence-corrected chi connectivity index (χ1v) is 9.52. The highest BCUT2D eigenvalue weighted by atomic mass is 32.2. The standard InChI is InChI=1S/C20H20FNO4S/c1-12-15(9-10-26-2)16(20(24)25)7-8-17(12)22-18(23)11-27-19(22)13-3-5-14(21)6-4-13/h3-8,19H,9-11H2,1-2H3,(H,24,25). The van der Waals surface area contributed by atoms with E-state index in [4.69, 9.17) is 4.74 Å². The van der Waals surface area contributed by atoms with Crippen LogP contribution in [0.25, 0.3) is 0 Å². The SMILES string of the molecule is COCCc1c(C(=O)O)ccc(N2C(=O)CSC2c2ccc(F)cc2)c1C. The van der Waals surface area contributed by atoms with Crippen molar-refractivity contribution in [1.29, 1.82) is 0 Å². The molecule has 1 saturated heterocycles. The average molecular weight is 389 g/mol. The number of aromatic carboxylic acids is 1. The summed E-state index contributed by atoms with van der Waals surface area (Å²) in [6, 6.07) is 9.31. The van der Waals surface area contributed by atoms with Crippen LogP contribution in [-0.2, 0) is 16.0 Å². The topological polar surface area (TPSA) is 66.8 Å². The lowest BCUT2D eigenvalue weighted by Gasteiger charge is -2.27. The molecule has 0 aromatic heterocycles. The molecular weight excluding hydrogens is 369 g/mol. The van der Waals surface area contributed by atoms with Crippen molar-refractivity contribution in [2.24, 2.45) is 0 Å². The number of hydrogen-bond acceptors (Lipinski definition) is 4. The quantitative estimate of drug-likeness (QED) is 0.814. The van der Waals surface area contributed by atoms with Gasteiger partial charge in [0, 0.05) is 12.8 Å². The van der Waals surface area contributed by atoms with Crippen molar-refractivity contribution in [3.63, 3.8) is 0 Å². The molecule has 1 aliphatic rings. The molecular formula is C20H20FNO4S. The average Bonchev–Trinajstić information content (AvgIpc) is 3.02. The van der Waals surface area contributed by atoms with Gasteiger partial charge in [0.25, 0.3) is 0 Å². The lowest BCUT2D eigenvalue weighted by Crippen LogP contribution is -2.29. The van der Waals surface area contributed by atoms with Crippen LogP contribution in [0.3, 0.4) is 0 Å². The van der Waals surface area contributed by atoms with Crippen molar-refractivity contribution in [1.82, 2.24) is 0 Å². The lowest BCUT2D eigenvalue weighted by molar-refractivity contribution is -0.115. The predicted molar refractivity (Wildman–Crippen MR) is 103 cm³/mol. The van der Waals surface area contributed by atoms with Gasteiger partial charge < -0.3 is 9.84 Å². The minimum absolute atomic E-state index is 0.0572. The fraction of sp³-hybridized carbons (Fsp3) is 0.300. The predicted octanol–water partition coefficient (Wildman–Crippen LogP) is 3.80. The molecule has 0 saturated carbocycles. The maximum Gasteiger partial charge on any atom is 0.335 e. The number of thioether (sulfide) groups is 1. The number of nitrogens with zero attached hydrogens (tertiary/aromatic N) is 1. The second kappa shape index (κ2) is 8.10. The van der Waals surface area contributed by atoms with Gasteiger partial charge in [-0.2, -0.15) is 0 Å². The monoisotopic (exact) mass is 389 g/mol. The highest BCUT2D eigenvalue weighted by molar-refractivity contribution is 8.00. The number of carbonyl (C=O) groups excluding carboxylic acids is 1. The number of carbonyl (C=O) groups is 2. The third-order valence-corrected chi connectivity index (χ3v) is 5.85. The molecule has 1 heterocycles. The number of carboxylic acids is 1. The molecule has 1 fully saturated rings. The number of methoxy groups -OCH3 is 1. The van der Waals surface area contributed by atoms with E-state index in [9.17, 15) is 19.1 Å². The Morgan fingerprint density at radius 2 is 2.00 bits per heavy atom. The van der Waals surface area contributed by atoms with Crippen molar-refractivity contribution in [2.75, 3.05) is 24.4 Å². The molecule has 0 aliphatic carbocycles. The second-order valence-electron chi connectivity index (χ2n) is 6.26. The van der Waals surface area contributed by atoms with Crippen molar-refractivity contribution >= 4 is 29.3 Å². The van der Waals surface area contributed by atoms with Crippen LogP contribution in [0.2, 0.25) is 0 Å². The lowest BCUT2D eigenvalue weighted by atomic mass is 9.96. The van der Waals surface area contributed by atoms with Gasteiger partial charge in [0.15, 0.2) is 0 Å². The summed E-state index contributed by atoms with van der Waals surface area (Å²) in [7, 11) is 1.56. The molecule has 0 radical (unpaired) electrons. The number of ether oxygens (including phenoxy) is 1. The molecule has 1 amide bonds. The molecule has 27 heavy (non-hydrogen) atoms.